The first-order chi connectivity index (χ1) is 15.6. The number of morpholine rings is 1. The number of thioether (sulfide) groups is 1. The van der Waals surface area contributed by atoms with Crippen molar-refractivity contribution in [2.24, 2.45) is 10.2 Å². The summed E-state index contributed by atoms with van der Waals surface area (Å²) in [5.41, 5.74) is 2.84. The van der Waals surface area contributed by atoms with Gasteiger partial charge in [0.15, 0.2) is 5.69 Å². The molecule has 2 aliphatic rings. The van der Waals surface area contributed by atoms with Crippen LogP contribution in [0, 0.1) is 0 Å². The highest BCUT2D eigenvalue weighted by Crippen LogP contribution is 2.41. The Labute approximate surface area is 189 Å². The number of nitrogens with one attached hydrogen (secondary N) is 1. The predicted molar refractivity (Wildman–Crippen MR) is 124 cm³/mol. The molecule has 1 fully saturated rings. The van der Waals surface area contributed by atoms with Gasteiger partial charge in [0, 0.05) is 29.1 Å². The third-order valence-electron chi connectivity index (χ3n) is 5.56. The molecule has 1 amide bonds. The lowest BCUT2D eigenvalue weighted by Gasteiger charge is -2.27. The van der Waals surface area contributed by atoms with E-state index in [9.17, 15) is 9.90 Å². The second kappa shape index (κ2) is 8.78. The predicted octanol–water partition coefficient (Wildman–Crippen LogP) is 4.70. The maximum Gasteiger partial charge on any atom is 0.303 e. The van der Waals surface area contributed by atoms with Crippen molar-refractivity contribution in [1.82, 2.24) is 9.47 Å². The number of aromatic hydroxyl groups is 1. The Balaban J connectivity index is 1.44. The van der Waals surface area contributed by atoms with Crippen LogP contribution >= 0.6 is 11.8 Å². The van der Waals surface area contributed by atoms with Gasteiger partial charge in [-0.05, 0) is 25.1 Å². The Morgan fingerprint density at radius 3 is 2.75 bits per heavy atom. The number of ether oxygens (including phenoxy) is 1. The van der Waals surface area contributed by atoms with E-state index in [0.29, 0.717) is 30.5 Å². The quantitative estimate of drug-likeness (QED) is 0.561. The number of hydrogen-bond donors (Lipinski definition) is 2. The van der Waals surface area contributed by atoms with E-state index in [0.717, 1.165) is 40.3 Å². The molecule has 1 saturated heterocycles. The minimum Gasteiger partial charge on any atom is -0.493 e. The van der Waals surface area contributed by atoms with E-state index >= 15 is 0 Å². The molecular weight excluding hydrogens is 426 g/mol. The number of anilines is 1. The normalized spacial score (nSPS) is 17.0. The second-order valence-corrected chi connectivity index (χ2v) is 8.72. The van der Waals surface area contributed by atoms with Crippen LogP contribution in [-0.4, -0.2) is 46.8 Å². The van der Waals surface area contributed by atoms with Crippen LogP contribution in [0.4, 0.5) is 11.4 Å². The van der Waals surface area contributed by atoms with E-state index in [1.54, 1.807) is 4.57 Å². The second-order valence-electron chi connectivity index (χ2n) is 7.67. The largest absolute Gasteiger partial charge is 0.493 e. The van der Waals surface area contributed by atoms with E-state index < -0.39 is 5.91 Å². The van der Waals surface area contributed by atoms with Crippen LogP contribution in [0.3, 0.4) is 0 Å². The number of rotatable bonds is 4. The Morgan fingerprint density at radius 1 is 1.16 bits per heavy atom. The fourth-order valence-corrected chi connectivity index (χ4v) is 4.83. The number of carbonyl (C=O) groups is 1. The summed E-state index contributed by atoms with van der Waals surface area (Å²) in [6.45, 7) is 5.28. The van der Waals surface area contributed by atoms with Gasteiger partial charge in [-0.15, -0.1) is 10.2 Å². The molecule has 0 bridgehead atoms. The monoisotopic (exact) mass is 449 g/mol. The SMILES string of the molecule is CC1=C(C(=O)N=Nc2c(O)n(CN3CCOCC3)c3ccccc23)Sc2ccccc2N1. The molecular formula is C23H23N5O3S. The number of azo groups is 1. The highest BCUT2D eigenvalue weighted by atomic mass is 32.2. The smallest absolute Gasteiger partial charge is 0.303 e. The Morgan fingerprint density at radius 2 is 1.91 bits per heavy atom. The molecule has 9 heteroatoms. The highest BCUT2D eigenvalue weighted by molar-refractivity contribution is 8.04. The first kappa shape index (κ1) is 20.7. The van der Waals surface area contributed by atoms with Crippen molar-refractivity contribution in [1.29, 1.82) is 0 Å². The molecule has 0 unspecified atom stereocenters. The van der Waals surface area contributed by atoms with Crippen LogP contribution in [0.2, 0.25) is 0 Å². The van der Waals surface area contributed by atoms with E-state index in [-0.39, 0.29) is 5.88 Å². The van der Waals surface area contributed by atoms with Gasteiger partial charge in [0.1, 0.15) is 4.91 Å². The van der Waals surface area contributed by atoms with E-state index in [2.05, 4.69) is 20.4 Å². The van der Waals surface area contributed by atoms with Gasteiger partial charge in [0.25, 0.3) is 0 Å². The number of fused-ring (bicyclic) bond motifs is 2. The van der Waals surface area contributed by atoms with Gasteiger partial charge >= 0.3 is 5.91 Å². The Hall–Kier alpha value is -3.14. The zero-order chi connectivity index (χ0) is 22.1. The zero-order valence-electron chi connectivity index (χ0n) is 17.6. The molecule has 5 rings (SSSR count). The van der Waals surface area contributed by atoms with Crippen molar-refractivity contribution < 1.29 is 14.6 Å². The number of benzene rings is 2. The first-order valence-corrected chi connectivity index (χ1v) is 11.2. The van der Waals surface area contributed by atoms with Gasteiger partial charge in [0.2, 0.25) is 5.88 Å². The van der Waals surface area contributed by atoms with Gasteiger partial charge in [-0.1, -0.05) is 42.1 Å². The molecule has 164 valence electrons. The third-order valence-corrected chi connectivity index (χ3v) is 6.82. The molecule has 8 nitrogen and oxygen atoms in total. The lowest BCUT2D eigenvalue weighted by Crippen LogP contribution is -2.37. The minimum absolute atomic E-state index is 0.000267. The van der Waals surface area contributed by atoms with Gasteiger partial charge < -0.3 is 15.2 Å². The van der Waals surface area contributed by atoms with Gasteiger partial charge in [-0.25, -0.2) is 0 Å². The maximum absolute atomic E-state index is 12.9. The zero-order valence-corrected chi connectivity index (χ0v) is 18.4. The summed E-state index contributed by atoms with van der Waals surface area (Å²) in [6, 6.07) is 15.4. The van der Waals surface area contributed by atoms with Crippen molar-refractivity contribution >= 4 is 39.9 Å². The summed E-state index contributed by atoms with van der Waals surface area (Å²) in [5.74, 6) is -0.446. The van der Waals surface area contributed by atoms with Crippen molar-refractivity contribution in [3.63, 3.8) is 0 Å². The van der Waals surface area contributed by atoms with E-state index in [1.165, 1.54) is 11.8 Å². The molecule has 3 heterocycles. The lowest BCUT2D eigenvalue weighted by molar-refractivity contribution is -0.114. The topological polar surface area (TPSA) is 91.4 Å². The van der Waals surface area contributed by atoms with E-state index in [1.807, 2.05) is 55.5 Å². The standard InChI is InChI=1S/C23H23N5O3S/c1-15-21(32-19-9-5-3-7-17(19)24-15)22(29)26-25-20-16-6-2-4-8-18(16)28(23(20)30)14-27-10-12-31-13-11-27/h2-9,24,30H,10-14H2,1H3. The molecule has 2 aromatic carbocycles. The number of hydrogen-bond acceptors (Lipinski definition) is 7. The Bertz CT molecular complexity index is 1240. The van der Waals surface area contributed by atoms with E-state index in [4.69, 9.17) is 4.74 Å². The number of carbonyl (C=O) groups excluding carboxylic acids is 1. The first-order valence-electron chi connectivity index (χ1n) is 10.4. The third kappa shape index (κ3) is 3.90. The number of para-hydroxylation sites is 2. The fourth-order valence-electron chi connectivity index (χ4n) is 3.91. The molecule has 0 aliphatic carbocycles. The lowest BCUT2D eigenvalue weighted by atomic mass is 10.2. The van der Waals surface area contributed by atoms with Crippen LogP contribution in [0.1, 0.15) is 6.92 Å². The van der Waals surface area contributed by atoms with Crippen molar-refractivity contribution in [3.05, 3.63) is 59.1 Å². The van der Waals surface area contributed by atoms with Crippen LogP contribution in [0.15, 0.2) is 74.3 Å². The maximum atomic E-state index is 12.9. The number of allylic oxidation sites excluding steroid dienone is 1. The average Bonchev–Trinajstić information content (AvgIpc) is 3.08. The van der Waals surface area contributed by atoms with Gasteiger partial charge in [-0.2, -0.15) is 0 Å². The number of aromatic nitrogens is 1. The minimum atomic E-state index is -0.445. The number of amides is 1. The molecule has 0 saturated carbocycles. The van der Waals surface area contributed by atoms with Crippen molar-refractivity contribution in [2.45, 2.75) is 18.5 Å². The summed E-state index contributed by atoms with van der Waals surface area (Å²) in [7, 11) is 0. The molecule has 2 aliphatic heterocycles. The van der Waals surface area contributed by atoms with Crippen LogP contribution in [0.25, 0.3) is 10.9 Å². The summed E-state index contributed by atoms with van der Waals surface area (Å²) < 4.78 is 7.22. The van der Waals surface area contributed by atoms with Crippen molar-refractivity contribution in [3.8, 4) is 5.88 Å². The summed E-state index contributed by atoms with van der Waals surface area (Å²) in [5, 5.41) is 23.1. The molecule has 0 atom stereocenters. The summed E-state index contributed by atoms with van der Waals surface area (Å²) >= 11 is 1.37. The molecule has 0 spiro atoms. The van der Waals surface area contributed by atoms with Crippen molar-refractivity contribution in [2.75, 3.05) is 31.6 Å². The fraction of sp³-hybridized carbons (Fsp3) is 0.261. The average molecular weight is 450 g/mol. The molecule has 0 radical (unpaired) electrons. The molecule has 1 aromatic heterocycles. The molecule has 3 aromatic rings. The molecule has 2 N–H and O–H groups in total. The van der Waals surface area contributed by atoms with Crippen LogP contribution < -0.4 is 5.32 Å². The Kier molecular flexibility index (Phi) is 5.69. The molecule has 32 heavy (non-hydrogen) atoms. The summed E-state index contributed by atoms with van der Waals surface area (Å²) in [4.78, 5) is 16.5. The van der Waals surface area contributed by atoms with Crippen LogP contribution in [0.5, 0.6) is 5.88 Å². The van der Waals surface area contributed by atoms with Gasteiger partial charge in [-0.3, -0.25) is 14.3 Å². The summed E-state index contributed by atoms with van der Waals surface area (Å²) in [6.07, 6.45) is 0. The van der Waals surface area contributed by atoms with Crippen LogP contribution in [-0.2, 0) is 16.2 Å². The van der Waals surface area contributed by atoms with Gasteiger partial charge in [0.05, 0.1) is 31.1 Å². The number of nitrogens with zero attached hydrogens (tertiary/aromatic N) is 4. The highest BCUT2D eigenvalue weighted by Gasteiger charge is 2.23.